The number of hydrogen-bond donors (Lipinski definition) is 3. The number of carbonyl (C=O) groups is 3. The first-order chi connectivity index (χ1) is 16.5. The maximum atomic E-state index is 13.2. The maximum Gasteiger partial charge on any atom is 0.422 e. The van der Waals surface area contributed by atoms with Crippen LogP contribution in [0.5, 0.6) is 0 Å². The summed E-state index contributed by atoms with van der Waals surface area (Å²) in [6.07, 6.45) is -5.18. The third kappa shape index (κ3) is 4.69. The minimum Gasteiger partial charge on any atom is -0.479 e. The lowest BCUT2D eigenvalue weighted by atomic mass is 9.98. The van der Waals surface area contributed by atoms with Crippen molar-refractivity contribution in [3.05, 3.63) is 59.7 Å². The normalized spacial score (nSPS) is 20.9. The molecule has 0 spiro atoms. The van der Waals surface area contributed by atoms with Crippen molar-refractivity contribution in [2.75, 3.05) is 6.61 Å². The molecule has 0 heterocycles. The molecular formula is C25H25F3N2O5. The van der Waals surface area contributed by atoms with Crippen LogP contribution in [0.4, 0.5) is 18.0 Å². The van der Waals surface area contributed by atoms with Crippen molar-refractivity contribution in [1.29, 1.82) is 0 Å². The molecule has 2 aromatic rings. The second kappa shape index (κ2) is 9.24. The van der Waals surface area contributed by atoms with Crippen molar-refractivity contribution >= 4 is 18.0 Å². The Labute approximate surface area is 199 Å². The zero-order valence-corrected chi connectivity index (χ0v) is 18.9. The van der Waals surface area contributed by atoms with Crippen LogP contribution in [0.1, 0.15) is 43.2 Å². The number of carboxylic acid groups (broad SMARTS) is 1. The number of amides is 2. The number of alkyl halides is 3. The van der Waals surface area contributed by atoms with E-state index in [1.54, 1.807) is 5.32 Å². The molecule has 35 heavy (non-hydrogen) atoms. The van der Waals surface area contributed by atoms with Crippen molar-refractivity contribution in [2.24, 2.45) is 5.92 Å². The van der Waals surface area contributed by atoms with E-state index in [-0.39, 0.29) is 25.4 Å². The highest BCUT2D eigenvalue weighted by molar-refractivity contribution is 5.88. The Bertz CT molecular complexity index is 1110. The van der Waals surface area contributed by atoms with Crippen molar-refractivity contribution in [2.45, 2.75) is 49.9 Å². The Morgan fingerprint density at radius 1 is 1.00 bits per heavy atom. The van der Waals surface area contributed by atoms with Gasteiger partial charge in [0.15, 0.2) is 0 Å². The van der Waals surface area contributed by atoms with E-state index in [4.69, 9.17) is 9.84 Å². The number of fused-ring (bicyclic) bond motifs is 3. The highest BCUT2D eigenvalue weighted by Crippen LogP contribution is 2.44. The van der Waals surface area contributed by atoms with Crippen LogP contribution in [0, 0.1) is 5.92 Å². The highest BCUT2D eigenvalue weighted by atomic mass is 19.4. The lowest BCUT2D eigenvalue weighted by molar-refractivity contribution is -0.207. The van der Waals surface area contributed by atoms with E-state index in [0.717, 1.165) is 22.3 Å². The summed E-state index contributed by atoms with van der Waals surface area (Å²) in [5, 5.41) is 13.3. The number of alkyl carbamates (subject to hydrolysis) is 1. The highest BCUT2D eigenvalue weighted by Gasteiger charge is 2.59. The van der Waals surface area contributed by atoms with E-state index in [0.29, 0.717) is 13.3 Å². The average molecular weight is 490 g/mol. The maximum absolute atomic E-state index is 13.2. The number of carbonyl (C=O) groups excluding carboxylic acids is 2. The predicted molar refractivity (Wildman–Crippen MR) is 120 cm³/mol. The topological polar surface area (TPSA) is 105 Å². The molecule has 10 heteroatoms. The number of hydrogen-bond acceptors (Lipinski definition) is 4. The largest absolute Gasteiger partial charge is 0.479 e. The molecule has 186 valence electrons. The number of rotatable bonds is 6. The molecule has 7 nitrogen and oxygen atoms in total. The number of nitrogens with one attached hydrogen (secondary N) is 2. The van der Waals surface area contributed by atoms with E-state index >= 15 is 0 Å². The second-order valence-corrected chi connectivity index (χ2v) is 9.09. The first-order valence-electron chi connectivity index (χ1n) is 11.2. The van der Waals surface area contributed by atoms with Gasteiger partial charge in [0.1, 0.15) is 6.61 Å². The fraction of sp³-hybridized carbons (Fsp3) is 0.400. The number of halogens is 3. The first kappa shape index (κ1) is 24.6. The van der Waals surface area contributed by atoms with Gasteiger partial charge in [-0.3, -0.25) is 4.79 Å². The molecule has 0 aliphatic heterocycles. The van der Waals surface area contributed by atoms with E-state index in [9.17, 15) is 27.6 Å². The number of aliphatic carboxylic acids is 1. The molecule has 2 aromatic carbocycles. The second-order valence-electron chi connectivity index (χ2n) is 9.09. The SMILES string of the molecule is CC(NC(=O)[C@H]1CC[C@@H](NC(=O)OCC2c3ccccc3-c3ccccc32)C1)(C(=O)O)C(F)(F)F. The number of benzene rings is 2. The quantitative estimate of drug-likeness (QED) is 0.563. The molecule has 0 aromatic heterocycles. The van der Waals surface area contributed by atoms with Gasteiger partial charge in [-0.2, -0.15) is 13.2 Å². The van der Waals surface area contributed by atoms with Gasteiger partial charge in [0.2, 0.25) is 11.4 Å². The molecule has 3 atom stereocenters. The van der Waals surface area contributed by atoms with Gasteiger partial charge in [-0.05, 0) is 48.4 Å². The lowest BCUT2D eigenvalue weighted by Gasteiger charge is -2.29. The Morgan fingerprint density at radius 2 is 1.57 bits per heavy atom. The molecule has 1 unspecified atom stereocenters. The summed E-state index contributed by atoms with van der Waals surface area (Å²) in [5.41, 5.74) is 0.918. The summed E-state index contributed by atoms with van der Waals surface area (Å²) >= 11 is 0. The Balaban J connectivity index is 1.32. The molecule has 1 fully saturated rings. The molecule has 3 N–H and O–H groups in total. The third-order valence-corrected chi connectivity index (χ3v) is 6.84. The summed E-state index contributed by atoms with van der Waals surface area (Å²) in [7, 11) is 0. The van der Waals surface area contributed by atoms with E-state index in [1.165, 1.54) is 0 Å². The number of carboxylic acids is 1. The molecule has 2 amide bonds. The van der Waals surface area contributed by atoms with Crippen LogP contribution in [0.25, 0.3) is 11.1 Å². The van der Waals surface area contributed by atoms with Crippen LogP contribution in [-0.2, 0) is 14.3 Å². The summed E-state index contributed by atoms with van der Waals surface area (Å²) in [4.78, 5) is 36.0. The summed E-state index contributed by atoms with van der Waals surface area (Å²) in [6.45, 7) is 0.521. The minimum absolute atomic E-state index is 0.0869. The third-order valence-electron chi connectivity index (χ3n) is 6.84. The minimum atomic E-state index is -5.16. The molecule has 0 radical (unpaired) electrons. The average Bonchev–Trinajstić information content (AvgIpc) is 3.39. The fourth-order valence-electron chi connectivity index (χ4n) is 4.75. The molecular weight excluding hydrogens is 465 g/mol. The van der Waals surface area contributed by atoms with Crippen LogP contribution in [0.3, 0.4) is 0 Å². The van der Waals surface area contributed by atoms with Gasteiger partial charge in [-0.1, -0.05) is 48.5 Å². The smallest absolute Gasteiger partial charge is 0.422 e. The van der Waals surface area contributed by atoms with Gasteiger partial charge in [0.05, 0.1) is 0 Å². The summed E-state index contributed by atoms with van der Waals surface area (Å²) < 4.78 is 45.0. The van der Waals surface area contributed by atoms with Crippen LogP contribution in [0.2, 0.25) is 0 Å². The van der Waals surface area contributed by atoms with Crippen LogP contribution >= 0.6 is 0 Å². The van der Waals surface area contributed by atoms with Gasteiger partial charge < -0.3 is 20.5 Å². The van der Waals surface area contributed by atoms with Crippen molar-refractivity contribution in [3.63, 3.8) is 0 Å². The number of ether oxygens (including phenoxy) is 1. The van der Waals surface area contributed by atoms with Crippen molar-refractivity contribution in [3.8, 4) is 11.1 Å². The van der Waals surface area contributed by atoms with Crippen LogP contribution in [-0.4, -0.2) is 47.4 Å². The standard InChI is InChI=1S/C25H25F3N2O5/c1-24(22(32)33,25(26,27)28)30-21(31)14-10-11-15(12-14)29-23(34)35-13-20-18-8-4-2-6-16(18)17-7-3-5-9-19(17)20/h2-9,14-15,20H,10-13H2,1H3,(H,29,34)(H,30,31)(H,32,33)/t14-,15+,24?/m0/s1. The van der Waals surface area contributed by atoms with Gasteiger partial charge in [-0.25, -0.2) is 9.59 Å². The summed E-state index contributed by atoms with van der Waals surface area (Å²) in [6, 6.07) is 15.3. The van der Waals surface area contributed by atoms with E-state index in [1.807, 2.05) is 48.5 Å². The van der Waals surface area contributed by atoms with Crippen LogP contribution < -0.4 is 10.6 Å². The van der Waals surface area contributed by atoms with E-state index < -0.39 is 41.6 Å². The summed E-state index contributed by atoms with van der Waals surface area (Å²) in [5.74, 6) is -4.17. The Morgan fingerprint density at radius 3 is 2.11 bits per heavy atom. The molecule has 4 rings (SSSR count). The molecule has 0 bridgehead atoms. The molecule has 2 aliphatic carbocycles. The van der Waals surface area contributed by atoms with Gasteiger partial charge in [-0.15, -0.1) is 0 Å². The van der Waals surface area contributed by atoms with Gasteiger partial charge in [0, 0.05) is 17.9 Å². The Kier molecular flexibility index (Phi) is 6.48. The zero-order chi connectivity index (χ0) is 25.4. The molecule has 2 aliphatic rings. The monoisotopic (exact) mass is 490 g/mol. The lowest BCUT2D eigenvalue weighted by Crippen LogP contribution is -2.62. The van der Waals surface area contributed by atoms with E-state index in [2.05, 4.69) is 5.32 Å². The van der Waals surface area contributed by atoms with Crippen molar-refractivity contribution < 1.29 is 37.4 Å². The van der Waals surface area contributed by atoms with Gasteiger partial charge in [0.25, 0.3) is 0 Å². The molecule has 0 saturated heterocycles. The fourth-order valence-corrected chi connectivity index (χ4v) is 4.75. The Hall–Kier alpha value is -3.56. The van der Waals surface area contributed by atoms with Gasteiger partial charge >= 0.3 is 18.2 Å². The van der Waals surface area contributed by atoms with Crippen LogP contribution in [0.15, 0.2) is 48.5 Å². The zero-order valence-electron chi connectivity index (χ0n) is 18.9. The van der Waals surface area contributed by atoms with Crippen molar-refractivity contribution in [1.82, 2.24) is 10.6 Å². The predicted octanol–water partition coefficient (Wildman–Crippen LogP) is 4.22. The first-order valence-corrected chi connectivity index (χ1v) is 11.2. The molecule has 1 saturated carbocycles.